The number of benzene rings is 1. The molecule has 1 aromatic rings. The SMILES string of the molecule is CCC/C(=C\C(=O)OCC)NC(=O)Nc1cc(C(=O)OC(C)C)c(Cl)cc1F. The summed E-state index contributed by atoms with van der Waals surface area (Å²) in [7, 11) is 0. The Morgan fingerprint density at radius 3 is 2.50 bits per heavy atom. The molecule has 9 heteroatoms. The van der Waals surface area contributed by atoms with E-state index in [1.54, 1.807) is 20.8 Å². The molecule has 0 aliphatic rings. The highest BCUT2D eigenvalue weighted by molar-refractivity contribution is 6.33. The summed E-state index contributed by atoms with van der Waals surface area (Å²) in [5, 5.41) is 4.63. The number of rotatable bonds is 8. The molecule has 2 N–H and O–H groups in total. The number of carbonyl (C=O) groups is 3. The minimum absolute atomic E-state index is 0.0806. The van der Waals surface area contributed by atoms with Crippen molar-refractivity contribution >= 4 is 35.3 Å². The van der Waals surface area contributed by atoms with Crippen LogP contribution in [-0.4, -0.2) is 30.7 Å². The van der Waals surface area contributed by atoms with Gasteiger partial charge in [0.25, 0.3) is 0 Å². The van der Waals surface area contributed by atoms with Gasteiger partial charge in [-0.25, -0.2) is 18.8 Å². The van der Waals surface area contributed by atoms with Crippen molar-refractivity contribution in [2.24, 2.45) is 0 Å². The summed E-state index contributed by atoms with van der Waals surface area (Å²) in [5.74, 6) is -2.16. The van der Waals surface area contributed by atoms with E-state index in [0.717, 1.165) is 18.2 Å². The fraction of sp³-hybridized carbons (Fsp3) is 0.421. The van der Waals surface area contributed by atoms with Gasteiger partial charge >= 0.3 is 18.0 Å². The molecular weight excluding hydrogens is 391 g/mol. The number of ether oxygens (including phenoxy) is 2. The Morgan fingerprint density at radius 1 is 1.25 bits per heavy atom. The largest absolute Gasteiger partial charge is 0.463 e. The van der Waals surface area contributed by atoms with Crippen LogP contribution < -0.4 is 10.6 Å². The number of halogens is 2. The molecule has 7 nitrogen and oxygen atoms in total. The van der Waals surface area contributed by atoms with Crippen LogP contribution in [0.1, 0.15) is 50.9 Å². The molecule has 0 atom stereocenters. The minimum Gasteiger partial charge on any atom is -0.463 e. The fourth-order valence-electron chi connectivity index (χ4n) is 2.14. The van der Waals surface area contributed by atoms with Gasteiger partial charge in [-0.3, -0.25) is 0 Å². The van der Waals surface area contributed by atoms with E-state index in [4.69, 9.17) is 21.1 Å². The highest BCUT2D eigenvalue weighted by Gasteiger charge is 2.18. The molecule has 0 aliphatic carbocycles. The van der Waals surface area contributed by atoms with Crippen LogP contribution in [0.2, 0.25) is 5.02 Å². The molecule has 1 rings (SSSR count). The lowest BCUT2D eigenvalue weighted by Crippen LogP contribution is -2.29. The number of hydrogen-bond donors (Lipinski definition) is 2. The second kappa shape index (κ2) is 11.3. The van der Waals surface area contributed by atoms with Crippen LogP contribution in [0.3, 0.4) is 0 Å². The zero-order valence-electron chi connectivity index (χ0n) is 16.2. The monoisotopic (exact) mass is 414 g/mol. The van der Waals surface area contributed by atoms with E-state index in [9.17, 15) is 18.8 Å². The van der Waals surface area contributed by atoms with Crippen LogP contribution in [0.5, 0.6) is 0 Å². The second-order valence-corrected chi connectivity index (χ2v) is 6.42. The first kappa shape index (κ1) is 23.4. The maximum atomic E-state index is 14.1. The third-order valence-electron chi connectivity index (χ3n) is 3.24. The molecule has 2 amide bonds. The van der Waals surface area contributed by atoms with Gasteiger partial charge in [0, 0.05) is 11.8 Å². The standard InChI is InChI=1S/C19H24ClFN2O5/c1-5-7-12(8-17(24)27-6-2)22-19(26)23-16-9-13(14(20)10-15(16)21)18(25)28-11(3)4/h8-11H,5-7H2,1-4H3,(H2,22,23,26)/b12-8+. The number of nitrogens with one attached hydrogen (secondary N) is 2. The summed E-state index contributed by atoms with van der Waals surface area (Å²) in [5.41, 5.74) is -0.0280. The molecule has 0 spiro atoms. The lowest BCUT2D eigenvalue weighted by atomic mass is 10.2. The third-order valence-corrected chi connectivity index (χ3v) is 3.55. The van der Waals surface area contributed by atoms with E-state index in [2.05, 4.69) is 10.6 Å². The average molecular weight is 415 g/mol. The van der Waals surface area contributed by atoms with Crippen LogP contribution in [0, 0.1) is 5.82 Å². The first-order chi connectivity index (χ1) is 13.2. The Morgan fingerprint density at radius 2 is 1.93 bits per heavy atom. The van der Waals surface area contributed by atoms with E-state index in [0.29, 0.717) is 18.5 Å². The summed E-state index contributed by atoms with van der Waals surface area (Å²) >= 11 is 5.90. The molecule has 0 saturated heterocycles. The van der Waals surface area contributed by atoms with Gasteiger partial charge in [-0.05, 0) is 39.3 Å². The number of urea groups is 1. The molecule has 0 aromatic heterocycles. The van der Waals surface area contributed by atoms with Gasteiger partial charge in [0.05, 0.1) is 29.0 Å². The molecule has 0 bridgehead atoms. The molecule has 0 fully saturated rings. The molecule has 0 unspecified atom stereocenters. The molecular formula is C19H24ClFN2O5. The van der Waals surface area contributed by atoms with Crippen molar-refractivity contribution in [3.05, 3.63) is 40.3 Å². The summed E-state index contributed by atoms with van der Waals surface area (Å²) in [6, 6.07) is 1.22. The van der Waals surface area contributed by atoms with Crippen molar-refractivity contribution < 1.29 is 28.2 Å². The van der Waals surface area contributed by atoms with Crippen molar-refractivity contribution in [1.29, 1.82) is 0 Å². The smallest absolute Gasteiger partial charge is 0.339 e. The topological polar surface area (TPSA) is 93.7 Å². The van der Waals surface area contributed by atoms with Crippen molar-refractivity contribution in [3.63, 3.8) is 0 Å². The Labute approximate surface area is 168 Å². The molecule has 28 heavy (non-hydrogen) atoms. The van der Waals surface area contributed by atoms with Gasteiger partial charge < -0.3 is 20.1 Å². The molecule has 1 aromatic carbocycles. The summed E-state index contributed by atoms with van der Waals surface area (Å²) < 4.78 is 24.0. The van der Waals surface area contributed by atoms with Gasteiger partial charge in [-0.15, -0.1) is 0 Å². The van der Waals surface area contributed by atoms with Crippen molar-refractivity contribution in [2.75, 3.05) is 11.9 Å². The lowest BCUT2D eigenvalue weighted by Gasteiger charge is -2.13. The number of esters is 2. The lowest BCUT2D eigenvalue weighted by molar-refractivity contribution is -0.137. The zero-order chi connectivity index (χ0) is 21.3. The van der Waals surface area contributed by atoms with E-state index in [1.807, 2.05) is 6.92 Å². The first-order valence-electron chi connectivity index (χ1n) is 8.83. The van der Waals surface area contributed by atoms with Crippen LogP contribution >= 0.6 is 11.6 Å². The molecule has 0 heterocycles. The molecule has 0 aliphatic heterocycles. The summed E-state index contributed by atoms with van der Waals surface area (Å²) in [6.07, 6.45) is 1.83. The number of carbonyl (C=O) groups excluding carboxylic acids is 3. The van der Waals surface area contributed by atoms with Crippen LogP contribution in [0.25, 0.3) is 0 Å². The van der Waals surface area contributed by atoms with E-state index in [1.165, 1.54) is 0 Å². The van der Waals surface area contributed by atoms with Crippen molar-refractivity contribution in [1.82, 2.24) is 5.32 Å². The van der Waals surface area contributed by atoms with E-state index >= 15 is 0 Å². The van der Waals surface area contributed by atoms with E-state index in [-0.39, 0.29) is 22.9 Å². The van der Waals surface area contributed by atoms with Gasteiger partial charge in [-0.1, -0.05) is 24.9 Å². The Kier molecular flexibility index (Phi) is 9.44. The maximum Gasteiger partial charge on any atom is 0.339 e. The van der Waals surface area contributed by atoms with E-state index < -0.39 is 29.9 Å². The van der Waals surface area contributed by atoms with Crippen LogP contribution in [-0.2, 0) is 14.3 Å². The summed E-state index contributed by atoms with van der Waals surface area (Å²) in [4.78, 5) is 35.8. The van der Waals surface area contributed by atoms with Crippen molar-refractivity contribution in [3.8, 4) is 0 Å². The number of hydrogen-bond acceptors (Lipinski definition) is 5. The zero-order valence-corrected chi connectivity index (χ0v) is 17.0. The molecule has 0 saturated carbocycles. The van der Waals surface area contributed by atoms with Crippen LogP contribution in [0.15, 0.2) is 23.9 Å². The Balaban J connectivity index is 2.98. The predicted octanol–water partition coefficient (Wildman–Crippen LogP) is 4.41. The quantitative estimate of drug-likeness (QED) is 0.485. The number of anilines is 1. The predicted molar refractivity (Wildman–Crippen MR) is 104 cm³/mol. The number of allylic oxidation sites excluding steroid dienone is 1. The second-order valence-electron chi connectivity index (χ2n) is 6.02. The highest BCUT2D eigenvalue weighted by Crippen LogP contribution is 2.25. The first-order valence-corrected chi connectivity index (χ1v) is 9.21. The van der Waals surface area contributed by atoms with Gasteiger partial charge in [0.15, 0.2) is 0 Å². The van der Waals surface area contributed by atoms with Gasteiger partial charge in [0.1, 0.15) is 5.82 Å². The maximum absolute atomic E-state index is 14.1. The van der Waals surface area contributed by atoms with Gasteiger partial charge in [0.2, 0.25) is 0 Å². The van der Waals surface area contributed by atoms with Gasteiger partial charge in [-0.2, -0.15) is 0 Å². The average Bonchev–Trinajstić information content (AvgIpc) is 2.56. The molecule has 154 valence electrons. The van der Waals surface area contributed by atoms with Crippen molar-refractivity contribution in [2.45, 2.75) is 46.6 Å². The summed E-state index contributed by atoms with van der Waals surface area (Å²) in [6.45, 7) is 7.05. The fourth-order valence-corrected chi connectivity index (χ4v) is 2.37. The van der Waals surface area contributed by atoms with Crippen LogP contribution in [0.4, 0.5) is 14.9 Å². The number of amides is 2. The Bertz CT molecular complexity index is 765. The normalized spacial score (nSPS) is 11.2. The Hall–Kier alpha value is -2.61. The molecule has 0 radical (unpaired) electrons. The highest BCUT2D eigenvalue weighted by atomic mass is 35.5. The minimum atomic E-state index is -0.826. The third kappa shape index (κ3) is 7.56.